The van der Waals surface area contributed by atoms with Crippen molar-refractivity contribution in [2.45, 2.75) is 110 Å². The van der Waals surface area contributed by atoms with Gasteiger partial charge in [-0.1, -0.05) is 70.4 Å². The van der Waals surface area contributed by atoms with Crippen molar-refractivity contribution in [3.8, 4) is 16.9 Å². The summed E-state index contributed by atoms with van der Waals surface area (Å²) in [6.07, 6.45) is 6.51. The number of nitrogens with one attached hydrogen (secondary N) is 2. The van der Waals surface area contributed by atoms with Gasteiger partial charge in [-0.25, -0.2) is 0 Å². The average molecular weight is 719 g/mol. The van der Waals surface area contributed by atoms with E-state index in [9.17, 15) is 19.8 Å². The number of para-hydroxylation sites is 1. The number of likely N-dealkylation sites (N-methyl/N-ethyl adjacent to an activating group) is 1. The molecule has 2 amide bonds. The lowest BCUT2D eigenvalue weighted by Gasteiger charge is -2.62. The van der Waals surface area contributed by atoms with Crippen LogP contribution in [-0.4, -0.2) is 96.7 Å². The van der Waals surface area contributed by atoms with Crippen molar-refractivity contribution in [3.05, 3.63) is 53.6 Å². The second kappa shape index (κ2) is 16.1. The van der Waals surface area contributed by atoms with Crippen LogP contribution in [0.3, 0.4) is 0 Å². The van der Waals surface area contributed by atoms with Gasteiger partial charge < -0.3 is 30.5 Å². The number of carbonyl (C=O) groups excluding carboxylic acids is 2. The smallest absolute Gasteiger partial charge is 0.251 e. The maximum Gasteiger partial charge on any atom is 0.251 e. The molecule has 9 atom stereocenters. The minimum absolute atomic E-state index is 0.0529. The van der Waals surface area contributed by atoms with Crippen molar-refractivity contribution >= 4 is 11.8 Å². The number of nitrogens with zero attached hydrogens (tertiary/aromatic N) is 2. The predicted octanol–water partition coefficient (Wildman–Crippen LogP) is 5.26. The van der Waals surface area contributed by atoms with Crippen molar-refractivity contribution in [3.63, 3.8) is 0 Å². The molecule has 1 heterocycles. The van der Waals surface area contributed by atoms with Crippen LogP contribution in [0, 0.1) is 35.0 Å². The van der Waals surface area contributed by atoms with Crippen LogP contribution in [0.5, 0.6) is 5.75 Å². The van der Waals surface area contributed by atoms with Crippen LogP contribution in [0.2, 0.25) is 0 Å². The Kier molecular flexibility index (Phi) is 12.0. The fraction of sp³-hybridized carbons (Fsp3) is 0.667. The first-order valence-corrected chi connectivity index (χ1v) is 19.6. The first kappa shape index (κ1) is 38.7. The van der Waals surface area contributed by atoms with E-state index in [4.69, 9.17) is 9.57 Å². The molecule has 4 aliphatic carbocycles. The number of carbonyl (C=O) groups is 2. The molecule has 286 valence electrons. The van der Waals surface area contributed by atoms with Crippen LogP contribution < -0.4 is 15.4 Å². The lowest BCUT2D eigenvalue weighted by atomic mass is 9.45. The van der Waals surface area contributed by atoms with Crippen molar-refractivity contribution in [2.75, 3.05) is 34.4 Å². The molecule has 2 bridgehead atoms. The number of hydroxylamine groups is 2. The molecular formula is C42H62N4O6. The molecule has 52 heavy (non-hydrogen) atoms. The summed E-state index contributed by atoms with van der Waals surface area (Å²) in [4.78, 5) is 36.3. The van der Waals surface area contributed by atoms with Crippen molar-refractivity contribution in [2.24, 2.45) is 35.0 Å². The van der Waals surface area contributed by atoms with E-state index in [2.05, 4.69) is 50.4 Å². The summed E-state index contributed by atoms with van der Waals surface area (Å²) in [5.74, 6) is 1.69. The first-order valence-electron chi connectivity index (χ1n) is 19.6. The Hall–Kier alpha value is -3.02. The van der Waals surface area contributed by atoms with E-state index in [1.807, 2.05) is 42.5 Å². The predicted molar refractivity (Wildman–Crippen MR) is 202 cm³/mol. The number of benzene rings is 2. The first-order chi connectivity index (χ1) is 24.8. The normalized spacial score (nSPS) is 30.0. The molecule has 1 saturated heterocycles. The number of hydrogen-bond donors (Lipinski definition) is 4. The third-order valence-corrected chi connectivity index (χ3v) is 13.2. The van der Waals surface area contributed by atoms with E-state index in [1.165, 1.54) is 25.7 Å². The highest BCUT2D eigenvalue weighted by atomic mass is 16.7. The molecular weight excluding hydrogens is 656 g/mol. The topological polar surface area (TPSA) is 124 Å². The van der Waals surface area contributed by atoms with E-state index in [0.717, 1.165) is 42.5 Å². The van der Waals surface area contributed by atoms with Gasteiger partial charge in [0.05, 0.1) is 26.4 Å². The summed E-state index contributed by atoms with van der Waals surface area (Å²) in [6.45, 7) is 9.26. The lowest BCUT2D eigenvalue weighted by molar-refractivity contribution is -0.183. The van der Waals surface area contributed by atoms with Crippen LogP contribution in [0.25, 0.3) is 11.1 Å². The Morgan fingerprint density at radius 1 is 1.10 bits per heavy atom. The van der Waals surface area contributed by atoms with Crippen LogP contribution in [0.15, 0.2) is 42.5 Å². The average Bonchev–Trinajstić information content (AvgIpc) is 3.50. The summed E-state index contributed by atoms with van der Waals surface area (Å²) in [6, 6.07) is 12.8. The van der Waals surface area contributed by atoms with E-state index < -0.39 is 24.2 Å². The minimum Gasteiger partial charge on any atom is -0.496 e. The fourth-order valence-electron chi connectivity index (χ4n) is 10.2. The zero-order chi connectivity index (χ0) is 37.3. The molecule has 0 spiro atoms. The second-order valence-electron chi connectivity index (χ2n) is 17.1. The van der Waals surface area contributed by atoms with Gasteiger partial charge in [0.25, 0.3) is 5.91 Å². The number of methoxy groups -OCH3 is 1. The van der Waals surface area contributed by atoms with E-state index >= 15 is 0 Å². The SMILES string of the molecule is COc1c(CN2O[C@@H](CO)[C@H]([C@H](C)O)[C@H]2C(=O)N[C@H]2C[C@@H]3C[C@H]([C@@H]2C)C3(C)C)cccc1-c1cccc(C(=O)N[C@H](CN(C)C)C2CCCCC2)c1. The molecule has 10 nitrogen and oxygen atoms in total. The van der Waals surface area contributed by atoms with E-state index in [-0.39, 0.29) is 37.0 Å². The number of hydrogen-bond acceptors (Lipinski definition) is 8. The van der Waals surface area contributed by atoms with Crippen LogP contribution in [0.1, 0.15) is 88.6 Å². The number of aliphatic hydroxyl groups is 2. The number of aliphatic hydroxyl groups excluding tert-OH is 2. The van der Waals surface area contributed by atoms with Gasteiger partial charge in [0.1, 0.15) is 17.9 Å². The van der Waals surface area contributed by atoms with Gasteiger partial charge in [-0.05, 0) is 93.5 Å². The summed E-state index contributed by atoms with van der Waals surface area (Å²) < 4.78 is 6.04. The Morgan fingerprint density at radius 3 is 2.46 bits per heavy atom. The maximum absolute atomic E-state index is 14.2. The highest BCUT2D eigenvalue weighted by molar-refractivity contribution is 5.96. The molecule has 2 aromatic rings. The van der Waals surface area contributed by atoms with Gasteiger partial charge in [-0.3, -0.25) is 14.4 Å². The van der Waals surface area contributed by atoms with Crippen molar-refractivity contribution in [1.29, 1.82) is 0 Å². The molecule has 2 aromatic carbocycles. The van der Waals surface area contributed by atoms with Gasteiger partial charge in [0.15, 0.2) is 0 Å². The molecule has 10 heteroatoms. The van der Waals surface area contributed by atoms with Crippen molar-refractivity contribution < 1.29 is 29.4 Å². The number of fused-ring (bicyclic) bond motifs is 2. The summed E-state index contributed by atoms with van der Waals surface area (Å²) in [7, 11) is 5.73. The zero-order valence-electron chi connectivity index (χ0n) is 32.3. The van der Waals surface area contributed by atoms with E-state index in [0.29, 0.717) is 40.4 Å². The van der Waals surface area contributed by atoms with Gasteiger partial charge in [-0.2, -0.15) is 5.06 Å². The molecule has 1 aliphatic heterocycles. The monoisotopic (exact) mass is 718 g/mol. The Labute approximate surface area is 310 Å². The summed E-state index contributed by atoms with van der Waals surface area (Å²) >= 11 is 0. The van der Waals surface area contributed by atoms with Gasteiger partial charge in [0.2, 0.25) is 5.91 Å². The molecule has 0 radical (unpaired) electrons. The number of ether oxygens (including phenoxy) is 1. The standard InChI is InChI=1S/C42H62N4O6/c1-25-33-20-31(42(33,3)4)21-34(25)43-41(50)38-37(26(2)48)36(24-47)52-46(38)22-30-17-12-18-32(39(30)51-7)28-15-11-16-29(19-28)40(49)44-35(23-45(5)6)27-13-9-8-10-14-27/h11-12,15-19,25-27,31,33-38,47-48H,8-10,13-14,20-24H2,1-7H3,(H,43,50)(H,44,49)/t25-,26-,31-,33+,34-,35+,36-,37-,38-/m0/s1. The van der Waals surface area contributed by atoms with Crippen molar-refractivity contribution in [1.82, 2.24) is 20.6 Å². The highest BCUT2D eigenvalue weighted by Gasteiger charge is 2.57. The zero-order valence-corrected chi connectivity index (χ0v) is 32.3. The second-order valence-corrected chi connectivity index (χ2v) is 17.1. The molecule has 0 aromatic heterocycles. The maximum atomic E-state index is 14.2. The third kappa shape index (κ3) is 7.78. The van der Waals surface area contributed by atoms with Crippen LogP contribution in [-0.2, 0) is 16.2 Å². The molecule has 0 unspecified atom stereocenters. The highest BCUT2D eigenvalue weighted by Crippen LogP contribution is 2.61. The largest absolute Gasteiger partial charge is 0.496 e. The van der Waals surface area contributed by atoms with E-state index in [1.54, 1.807) is 19.1 Å². The Morgan fingerprint density at radius 2 is 1.83 bits per heavy atom. The quantitative estimate of drug-likeness (QED) is 0.221. The lowest BCUT2D eigenvalue weighted by Crippen LogP contribution is -2.62. The van der Waals surface area contributed by atoms with Gasteiger partial charge >= 0.3 is 0 Å². The Bertz CT molecular complexity index is 1560. The summed E-state index contributed by atoms with van der Waals surface area (Å²) in [5.41, 5.74) is 3.32. The molecule has 7 rings (SSSR count). The van der Waals surface area contributed by atoms with Gasteiger partial charge in [-0.15, -0.1) is 0 Å². The molecule has 5 aliphatic rings. The minimum atomic E-state index is -0.883. The van der Waals surface area contributed by atoms with Crippen LogP contribution >= 0.6 is 0 Å². The molecule has 4 saturated carbocycles. The molecule has 5 fully saturated rings. The Balaban J connectivity index is 1.23. The number of amides is 2. The fourth-order valence-corrected chi connectivity index (χ4v) is 10.2. The van der Waals surface area contributed by atoms with Crippen LogP contribution in [0.4, 0.5) is 0 Å². The number of rotatable bonds is 13. The van der Waals surface area contributed by atoms with Gasteiger partial charge in [0, 0.05) is 41.2 Å². The summed E-state index contributed by atoms with van der Waals surface area (Å²) in [5, 5.41) is 29.6. The molecule has 4 N–H and O–H groups in total. The third-order valence-electron chi connectivity index (χ3n) is 13.2.